The van der Waals surface area contributed by atoms with E-state index in [2.05, 4.69) is 24.5 Å². The van der Waals surface area contributed by atoms with Crippen LogP contribution in [-0.2, 0) is 11.3 Å². The average Bonchev–Trinajstić information content (AvgIpc) is 2.44. The first kappa shape index (κ1) is 16.5. The van der Waals surface area contributed by atoms with Gasteiger partial charge < -0.3 is 15.4 Å². The first-order valence-corrected chi connectivity index (χ1v) is 7.17. The maximum Gasteiger partial charge on any atom is 0.236 e. The van der Waals surface area contributed by atoms with E-state index in [0.29, 0.717) is 12.5 Å². The molecule has 0 fully saturated rings. The van der Waals surface area contributed by atoms with Gasteiger partial charge >= 0.3 is 0 Å². The third-order valence-electron chi connectivity index (χ3n) is 3.21. The Morgan fingerprint density at radius 1 is 1.25 bits per heavy atom. The van der Waals surface area contributed by atoms with Crippen molar-refractivity contribution in [3.63, 3.8) is 0 Å². The number of carbonyl (C=O) groups excluding carboxylic acids is 1. The molecule has 0 aromatic heterocycles. The summed E-state index contributed by atoms with van der Waals surface area (Å²) in [7, 11) is 1.65. The topological polar surface area (TPSA) is 50.4 Å². The van der Waals surface area contributed by atoms with Gasteiger partial charge in [0.05, 0.1) is 13.2 Å². The Bertz CT molecular complexity index is 419. The molecule has 2 N–H and O–H groups in total. The van der Waals surface area contributed by atoms with Crippen molar-refractivity contribution < 1.29 is 9.53 Å². The van der Waals surface area contributed by atoms with E-state index in [1.54, 1.807) is 7.11 Å². The molecule has 1 aromatic carbocycles. The predicted molar refractivity (Wildman–Crippen MR) is 81.8 cm³/mol. The number of methoxy groups -OCH3 is 1. The third-order valence-corrected chi connectivity index (χ3v) is 3.21. The predicted octanol–water partition coefficient (Wildman–Crippen LogP) is 2.34. The van der Waals surface area contributed by atoms with Gasteiger partial charge in [0.1, 0.15) is 5.75 Å². The van der Waals surface area contributed by atoms with Gasteiger partial charge in [0.2, 0.25) is 5.91 Å². The molecule has 4 heteroatoms. The molecule has 0 saturated heterocycles. The summed E-state index contributed by atoms with van der Waals surface area (Å²) < 4.78 is 5.29. The molecule has 0 saturated carbocycles. The van der Waals surface area contributed by atoms with Crippen LogP contribution in [0.1, 0.15) is 32.8 Å². The van der Waals surface area contributed by atoms with Crippen LogP contribution in [0.2, 0.25) is 0 Å². The number of nitrogens with one attached hydrogen (secondary N) is 2. The Balaban J connectivity index is 2.38. The Kier molecular flexibility index (Phi) is 7.09. The van der Waals surface area contributed by atoms with E-state index in [4.69, 9.17) is 4.74 Å². The molecule has 0 aliphatic rings. The van der Waals surface area contributed by atoms with E-state index in [0.717, 1.165) is 24.3 Å². The Morgan fingerprint density at radius 3 is 2.60 bits per heavy atom. The molecule has 1 rings (SSSR count). The third kappa shape index (κ3) is 5.61. The lowest BCUT2D eigenvalue weighted by atomic mass is 10.1. The molecule has 0 spiro atoms. The molecule has 0 heterocycles. The number of benzene rings is 1. The largest absolute Gasteiger partial charge is 0.496 e. The van der Waals surface area contributed by atoms with Crippen molar-refractivity contribution in [3.05, 3.63) is 29.8 Å². The molecule has 0 radical (unpaired) electrons. The molecule has 1 aromatic rings. The number of hydrogen-bond acceptors (Lipinski definition) is 3. The second-order valence-electron chi connectivity index (χ2n) is 5.39. The van der Waals surface area contributed by atoms with Gasteiger partial charge in [-0.1, -0.05) is 32.0 Å². The van der Waals surface area contributed by atoms with Gasteiger partial charge in [-0.3, -0.25) is 4.79 Å². The average molecular weight is 278 g/mol. The number of carbonyl (C=O) groups is 1. The highest BCUT2D eigenvalue weighted by molar-refractivity contribution is 5.81. The van der Waals surface area contributed by atoms with E-state index in [1.807, 2.05) is 31.2 Å². The van der Waals surface area contributed by atoms with Gasteiger partial charge in [-0.15, -0.1) is 0 Å². The monoisotopic (exact) mass is 278 g/mol. The number of ether oxygens (including phenoxy) is 1. The summed E-state index contributed by atoms with van der Waals surface area (Å²) >= 11 is 0. The minimum absolute atomic E-state index is 0.0422. The number of hydrogen-bond donors (Lipinski definition) is 2. The first-order valence-electron chi connectivity index (χ1n) is 7.17. The van der Waals surface area contributed by atoms with Crippen molar-refractivity contribution in [1.82, 2.24) is 10.6 Å². The summed E-state index contributed by atoms with van der Waals surface area (Å²) in [5.41, 5.74) is 1.05. The summed E-state index contributed by atoms with van der Waals surface area (Å²) in [4.78, 5) is 11.9. The van der Waals surface area contributed by atoms with E-state index in [-0.39, 0.29) is 11.9 Å². The number of amides is 1. The standard InChI is InChI=1S/C16H26N2O2/c1-12(2)9-10-17-16(19)13(3)18-11-14-7-5-6-8-15(14)20-4/h5-8,12-13,18H,9-11H2,1-4H3,(H,17,19). The van der Waals surface area contributed by atoms with E-state index < -0.39 is 0 Å². The lowest BCUT2D eigenvalue weighted by Crippen LogP contribution is -2.42. The van der Waals surface area contributed by atoms with Crippen LogP contribution in [-0.4, -0.2) is 25.6 Å². The summed E-state index contributed by atoms with van der Waals surface area (Å²) in [5.74, 6) is 1.49. The number of rotatable bonds is 8. The lowest BCUT2D eigenvalue weighted by Gasteiger charge is -2.16. The van der Waals surface area contributed by atoms with Gasteiger partial charge in [-0.05, 0) is 25.3 Å². The minimum Gasteiger partial charge on any atom is -0.496 e. The van der Waals surface area contributed by atoms with Crippen LogP contribution in [0.4, 0.5) is 0 Å². The summed E-state index contributed by atoms with van der Waals surface area (Å²) in [6.07, 6.45) is 1.00. The maximum absolute atomic E-state index is 11.9. The van der Waals surface area contributed by atoms with Crippen molar-refractivity contribution in [1.29, 1.82) is 0 Å². The van der Waals surface area contributed by atoms with Crippen LogP contribution < -0.4 is 15.4 Å². The summed E-state index contributed by atoms with van der Waals surface area (Å²) in [6, 6.07) is 7.60. The zero-order valence-corrected chi connectivity index (χ0v) is 12.9. The van der Waals surface area contributed by atoms with Gasteiger partial charge in [0.25, 0.3) is 0 Å². The molecule has 112 valence electrons. The van der Waals surface area contributed by atoms with Gasteiger partial charge in [-0.2, -0.15) is 0 Å². The Morgan fingerprint density at radius 2 is 1.95 bits per heavy atom. The lowest BCUT2D eigenvalue weighted by molar-refractivity contribution is -0.122. The van der Waals surface area contributed by atoms with Crippen molar-refractivity contribution >= 4 is 5.91 Å². The fourth-order valence-electron chi connectivity index (χ4n) is 1.84. The molecule has 20 heavy (non-hydrogen) atoms. The molecule has 0 aliphatic heterocycles. The molecule has 0 bridgehead atoms. The highest BCUT2D eigenvalue weighted by Gasteiger charge is 2.12. The van der Waals surface area contributed by atoms with Crippen LogP contribution >= 0.6 is 0 Å². The fourth-order valence-corrected chi connectivity index (χ4v) is 1.84. The van der Waals surface area contributed by atoms with E-state index in [9.17, 15) is 4.79 Å². The Hall–Kier alpha value is -1.55. The minimum atomic E-state index is -0.216. The molecular weight excluding hydrogens is 252 g/mol. The number of para-hydroxylation sites is 1. The second-order valence-corrected chi connectivity index (χ2v) is 5.39. The van der Waals surface area contributed by atoms with Crippen molar-refractivity contribution in [3.8, 4) is 5.75 Å². The second kappa shape index (κ2) is 8.59. The van der Waals surface area contributed by atoms with Crippen LogP contribution in [0.5, 0.6) is 5.75 Å². The molecule has 1 atom stereocenters. The molecule has 4 nitrogen and oxygen atoms in total. The van der Waals surface area contributed by atoms with E-state index in [1.165, 1.54) is 0 Å². The van der Waals surface area contributed by atoms with Crippen LogP contribution in [0.3, 0.4) is 0 Å². The van der Waals surface area contributed by atoms with Crippen molar-refractivity contribution in [2.75, 3.05) is 13.7 Å². The fraction of sp³-hybridized carbons (Fsp3) is 0.562. The van der Waals surface area contributed by atoms with Gasteiger partial charge in [-0.25, -0.2) is 0 Å². The van der Waals surface area contributed by atoms with Crippen molar-refractivity contribution in [2.45, 2.75) is 39.8 Å². The zero-order chi connectivity index (χ0) is 15.0. The van der Waals surface area contributed by atoms with Gasteiger partial charge in [0, 0.05) is 18.7 Å². The SMILES string of the molecule is COc1ccccc1CNC(C)C(=O)NCCC(C)C. The molecular formula is C16H26N2O2. The van der Waals surface area contributed by atoms with Crippen LogP contribution in [0, 0.1) is 5.92 Å². The van der Waals surface area contributed by atoms with Gasteiger partial charge in [0.15, 0.2) is 0 Å². The zero-order valence-electron chi connectivity index (χ0n) is 12.9. The summed E-state index contributed by atoms with van der Waals surface area (Å²) in [6.45, 7) is 7.52. The van der Waals surface area contributed by atoms with Crippen molar-refractivity contribution in [2.24, 2.45) is 5.92 Å². The quantitative estimate of drug-likeness (QED) is 0.767. The van der Waals surface area contributed by atoms with Crippen LogP contribution in [0.15, 0.2) is 24.3 Å². The first-order chi connectivity index (χ1) is 9.54. The maximum atomic E-state index is 11.9. The molecule has 1 amide bonds. The molecule has 1 unspecified atom stereocenters. The summed E-state index contributed by atoms with van der Waals surface area (Å²) in [5, 5.41) is 6.17. The Labute approximate surface area is 121 Å². The smallest absolute Gasteiger partial charge is 0.236 e. The normalized spacial score (nSPS) is 12.2. The van der Waals surface area contributed by atoms with E-state index >= 15 is 0 Å². The highest BCUT2D eigenvalue weighted by atomic mass is 16.5. The molecule has 0 aliphatic carbocycles. The highest BCUT2D eigenvalue weighted by Crippen LogP contribution is 2.16. The van der Waals surface area contributed by atoms with Crippen LogP contribution in [0.25, 0.3) is 0 Å².